The summed E-state index contributed by atoms with van der Waals surface area (Å²) in [4.78, 5) is 47.7. The van der Waals surface area contributed by atoms with Crippen molar-refractivity contribution in [3.05, 3.63) is 53.5 Å². The summed E-state index contributed by atoms with van der Waals surface area (Å²) in [5.41, 5.74) is 2.85. The van der Waals surface area contributed by atoms with Gasteiger partial charge in [-0.25, -0.2) is 9.97 Å². The number of hydrogen-bond donors (Lipinski definition) is 3. The number of aliphatic hydroxyl groups is 1. The third-order valence-electron chi connectivity index (χ3n) is 6.51. The quantitative estimate of drug-likeness (QED) is 0.469. The van der Waals surface area contributed by atoms with Crippen LogP contribution < -0.4 is 10.6 Å². The number of nitrogens with zero attached hydrogens (tertiary/aromatic N) is 4. The summed E-state index contributed by atoms with van der Waals surface area (Å²) in [6.45, 7) is 4.56. The zero-order valence-corrected chi connectivity index (χ0v) is 19.9. The molecule has 0 saturated carbocycles. The van der Waals surface area contributed by atoms with Crippen molar-refractivity contribution in [1.29, 1.82) is 0 Å². The van der Waals surface area contributed by atoms with Crippen molar-refractivity contribution in [3.8, 4) is 0 Å². The summed E-state index contributed by atoms with van der Waals surface area (Å²) in [7, 11) is 0. The molecule has 0 aliphatic carbocycles. The van der Waals surface area contributed by atoms with Gasteiger partial charge in [0, 0.05) is 58.3 Å². The lowest BCUT2D eigenvalue weighted by Crippen LogP contribution is -2.44. The number of ketones is 1. The van der Waals surface area contributed by atoms with E-state index >= 15 is 0 Å². The second kappa shape index (κ2) is 11.4. The van der Waals surface area contributed by atoms with E-state index < -0.39 is 17.8 Å². The fourth-order valence-electron chi connectivity index (χ4n) is 4.59. The molecule has 10 heteroatoms. The largest absolute Gasteiger partial charge is 0.390 e. The highest BCUT2D eigenvalue weighted by molar-refractivity contribution is 6.35. The number of aromatic nitrogens is 2. The smallest absolute Gasteiger partial charge is 0.289 e. The Hall–Kier alpha value is -3.37. The second-order valence-electron chi connectivity index (χ2n) is 9.17. The molecule has 2 aromatic rings. The summed E-state index contributed by atoms with van der Waals surface area (Å²) in [6, 6.07) is 10.00. The van der Waals surface area contributed by atoms with Crippen molar-refractivity contribution >= 4 is 23.4 Å². The van der Waals surface area contributed by atoms with E-state index in [1.807, 2.05) is 6.07 Å². The van der Waals surface area contributed by atoms with Crippen LogP contribution in [-0.2, 0) is 22.6 Å². The maximum atomic E-state index is 12.6. The van der Waals surface area contributed by atoms with Crippen LogP contribution in [0.5, 0.6) is 0 Å². The number of likely N-dealkylation sites (tertiary alicyclic amines) is 1. The molecule has 186 valence electrons. The Morgan fingerprint density at radius 2 is 1.86 bits per heavy atom. The first-order valence-corrected chi connectivity index (χ1v) is 12.0. The van der Waals surface area contributed by atoms with Gasteiger partial charge in [0.05, 0.1) is 6.10 Å². The van der Waals surface area contributed by atoms with E-state index in [4.69, 9.17) is 0 Å². The molecular formula is C25H32N6O4. The topological polar surface area (TPSA) is 128 Å². The van der Waals surface area contributed by atoms with Gasteiger partial charge in [-0.15, -0.1) is 0 Å². The van der Waals surface area contributed by atoms with E-state index in [1.54, 1.807) is 11.0 Å². The Kier molecular flexibility index (Phi) is 8.04. The zero-order valence-electron chi connectivity index (χ0n) is 19.9. The molecular weight excluding hydrogens is 448 g/mol. The molecule has 4 rings (SSSR count). The molecule has 0 radical (unpaired) electrons. The molecule has 1 fully saturated rings. The molecule has 10 nitrogen and oxygen atoms in total. The molecule has 35 heavy (non-hydrogen) atoms. The SMILES string of the molecule is CC(=O)C(=O)N1CCC(Nc2cc(C(=O)NC[C@H](O)CN3CCc4ccccc4C3)ncn2)CC1. The van der Waals surface area contributed by atoms with Gasteiger partial charge in [-0.1, -0.05) is 24.3 Å². The molecule has 2 aliphatic rings. The Morgan fingerprint density at radius 3 is 2.60 bits per heavy atom. The molecule has 1 atom stereocenters. The fraction of sp³-hybridized carbons (Fsp3) is 0.480. The van der Waals surface area contributed by atoms with Crippen molar-refractivity contribution in [2.24, 2.45) is 0 Å². The number of piperidine rings is 1. The number of rotatable bonds is 8. The highest BCUT2D eigenvalue weighted by atomic mass is 16.3. The molecule has 0 bridgehead atoms. The van der Waals surface area contributed by atoms with E-state index in [2.05, 4.69) is 43.7 Å². The van der Waals surface area contributed by atoms with Crippen LogP contribution >= 0.6 is 0 Å². The first-order valence-electron chi connectivity index (χ1n) is 12.0. The number of anilines is 1. The van der Waals surface area contributed by atoms with Gasteiger partial charge in [0.1, 0.15) is 17.8 Å². The predicted molar refractivity (Wildman–Crippen MR) is 130 cm³/mol. The van der Waals surface area contributed by atoms with E-state index in [-0.39, 0.29) is 24.2 Å². The molecule has 0 spiro atoms. The van der Waals surface area contributed by atoms with Gasteiger partial charge in [-0.05, 0) is 30.4 Å². The summed E-state index contributed by atoms with van der Waals surface area (Å²) in [5, 5.41) is 16.5. The number of fused-ring (bicyclic) bond motifs is 1. The van der Waals surface area contributed by atoms with Crippen LogP contribution in [0.4, 0.5) is 5.82 Å². The maximum absolute atomic E-state index is 12.6. The minimum atomic E-state index is -0.688. The van der Waals surface area contributed by atoms with Gasteiger partial charge in [0.25, 0.3) is 11.8 Å². The Bertz CT molecular complexity index is 1070. The lowest BCUT2D eigenvalue weighted by Gasteiger charge is -2.32. The van der Waals surface area contributed by atoms with Gasteiger partial charge in [0.15, 0.2) is 0 Å². The van der Waals surface area contributed by atoms with Crippen LogP contribution in [0.25, 0.3) is 0 Å². The van der Waals surface area contributed by atoms with E-state index in [0.29, 0.717) is 38.3 Å². The number of carbonyl (C=O) groups excluding carboxylic acids is 3. The van der Waals surface area contributed by atoms with Crippen molar-refractivity contribution in [2.45, 2.75) is 44.9 Å². The van der Waals surface area contributed by atoms with Gasteiger partial charge >= 0.3 is 0 Å². The molecule has 3 N–H and O–H groups in total. The van der Waals surface area contributed by atoms with Crippen molar-refractivity contribution in [1.82, 2.24) is 25.1 Å². The maximum Gasteiger partial charge on any atom is 0.289 e. The summed E-state index contributed by atoms with van der Waals surface area (Å²) in [6.07, 6.45) is 2.95. The molecule has 2 amide bonds. The second-order valence-corrected chi connectivity index (χ2v) is 9.17. The number of nitrogens with one attached hydrogen (secondary N) is 2. The molecule has 0 unspecified atom stereocenters. The molecule has 1 aromatic carbocycles. The standard InChI is InChI=1S/C25H32N6O4/c1-17(32)25(35)31-10-7-20(8-11-31)29-23-12-22(27-16-28-23)24(34)26-13-21(33)15-30-9-6-18-4-2-3-5-19(18)14-30/h2-5,12,16,20-21,33H,6-11,13-15H2,1H3,(H,26,34)(H,27,28,29)/t21-/m0/s1. The minimum Gasteiger partial charge on any atom is -0.390 e. The first-order chi connectivity index (χ1) is 16.9. The summed E-state index contributed by atoms with van der Waals surface area (Å²) < 4.78 is 0. The number of hydrogen-bond acceptors (Lipinski definition) is 8. The number of carbonyl (C=O) groups is 3. The van der Waals surface area contributed by atoms with Crippen molar-refractivity contribution in [2.75, 3.05) is 38.0 Å². The van der Waals surface area contributed by atoms with E-state index in [1.165, 1.54) is 24.4 Å². The minimum absolute atomic E-state index is 0.0771. The van der Waals surface area contributed by atoms with Crippen LogP contribution in [0.1, 0.15) is 41.4 Å². The lowest BCUT2D eigenvalue weighted by atomic mass is 10.00. The lowest BCUT2D eigenvalue weighted by molar-refractivity contribution is -0.144. The molecule has 1 aromatic heterocycles. The van der Waals surface area contributed by atoms with Gasteiger partial charge in [0.2, 0.25) is 5.78 Å². The predicted octanol–water partition coefficient (Wildman–Crippen LogP) is 0.618. The average molecular weight is 481 g/mol. The van der Waals surface area contributed by atoms with Crippen molar-refractivity contribution < 1.29 is 19.5 Å². The van der Waals surface area contributed by atoms with Crippen molar-refractivity contribution in [3.63, 3.8) is 0 Å². The zero-order chi connectivity index (χ0) is 24.8. The highest BCUT2D eigenvalue weighted by Crippen LogP contribution is 2.19. The van der Waals surface area contributed by atoms with E-state index in [0.717, 1.165) is 19.5 Å². The van der Waals surface area contributed by atoms with Crippen LogP contribution in [0.2, 0.25) is 0 Å². The Balaban J connectivity index is 1.22. The number of β-amino-alcohol motifs (C(OH)–C–C–N with tert-alkyl or cyclic N) is 1. The first kappa shape index (κ1) is 24.7. The monoisotopic (exact) mass is 480 g/mol. The van der Waals surface area contributed by atoms with Gasteiger partial charge in [-0.2, -0.15) is 0 Å². The van der Waals surface area contributed by atoms with Crippen LogP contribution in [0.15, 0.2) is 36.7 Å². The van der Waals surface area contributed by atoms with Gasteiger partial charge < -0.3 is 20.6 Å². The fourth-order valence-corrected chi connectivity index (χ4v) is 4.59. The summed E-state index contributed by atoms with van der Waals surface area (Å²) in [5.74, 6) is -0.750. The number of Topliss-reactive ketones (excluding diaryl/α,β-unsaturated/α-hetero) is 1. The van der Waals surface area contributed by atoms with E-state index in [9.17, 15) is 19.5 Å². The summed E-state index contributed by atoms with van der Waals surface area (Å²) >= 11 is 0. The normalized spacial score (nSPS) is 17.4. The number of benzene rings is 1. The number of aliphatic hydroxyl groups excluding tert-OH is 1. The van der Waals surface area contributed by atoms with Crippen LogP contribution in [0, 0.1) is 0 Å². The van der Waals surface area contributed by atoms with Gasteiger partial charge in [-0.3, -0.25) is 19.3 Å². The Labute approximate surface area is 204 Å². The third kappa shape index (κ3) is 6.61. The number of amides is 2. The molecule has 1 saturated heterocycles. The highest BCUT2D eigenvalue weighted by Gasteiger charge is 2.25. The van der Waals surface area contributed by atoms with Crippen LogP contribution in [0.3, 0.4) is 0 Å². The Morgan fingerprint density at radius 1 is 1.11 bits per heavy atom. The average Bonchev–Trinajstić information content (AvgIpc) is 2.87. The molecule has 2 aliphatic heterocycles. The molecule has 3 heterocycles. The van der Waals surface area contributed by atoms with Crippen LogP contribution in [-0.4, -0.2) is 87.3 Å². The third-order valence-corrected chi connectivity index (χ3v) is 6.51.